The number of nitrogens with zero attached hydrogens (tertiary/aromatic N) is 2. The van der Waals surface area contributed by atoms with Crippen molar-refractivity contribution in [3.8, 4) is 0 Å². The van der Waals surface area contributed by atoms with Crippen molar-refractivity contribution in [2.75, 3.05) is 18.0 Å². The van der Waals surface area contributed by atoms with E-state index in [1.54, 1.807) is 0 Å². The molecule has 0 saturated carbocycles. The van der Waals surface area contributed by atoms with Gasteiger partial charge < -0.3 is 10.0 Å². The Hall–Kier alpha value is -1.40. The van der Waals surface area contributed by atoms with Crippen molar-refractivity contribution in [1.29, 1.82) is 0 Å². The summed E-state index contributed by atoms with van der Waals surface area (Å²) in [4.78, 5) is 16.0. The third-order valence-corrected chi connectivity index (χ3v) is 6.10. The molecule has 1 aliphatic rings. The Morgan fingerprint density at radius 3 is 2.41 bits per heavy atom. The molecule has 0 radical (unpaired) electrons. The second-order valence-electron chi connectivity index (χ2n) is 4.91. The molecular formula is C10H12F3N3O4S2. The molecule has 0 unspecified atom stereocenters. The maximum absolute atomic E-state index is 12.9. The number of aryl methyl sites for hydroxylation is 1. The van der Waals surface area contributed by atoms with Crippen LogP contribution in [-0.4, -0.2) is 43.7 Å². The topological polar surface area (TPSA) is 114 Å². The molecule has 7 nitrogen and oxygen atoms in total. The van der Waals surface area contributed by atoms with Crippen molar-refractivity contribution < 1.29 is 31.5 Å². The van der Waals surface area contributed by atoms with Crippen LogP contribution in [-0.2, 0) is 14.8 Å². The molecule has 0 bridgehead atoms. The lowest BCUT2D eigenvalue weighted by atomic mass is 9.96. The van der Waals surface area contributed by atoms with Crippen LogP contribution < -0.4 is 10.0 Å². The highest BCUT2D eigenvalue weighted by Gasteiger charge is 2.53. The van der Waals surface area contributed by atoms with E-state index in [-0.39, 0.29) is 15.0 Å². The highest BCUT2D eigenvalue weighted by atomic mass is 32.2. The second kappa shape index (κ2) is 5.35. The van der Waals surface area contributed by atoms with Crippen LogP contribution in [0.4, 0.5) is 18.3 Å². The molecule has 22 heavy (non-hydrogen) atoms. The van der Waals surface area contributed by atoms with Crippen LogP contribution in [0.3, 0.4) is 0 Å². The number of rotatable bonds is 3. The van der Waals surface area contributed by atoms with E-state index < -0.39 is 47.1 Å². The minimum absolute atomic E-state index is 0.0134. The first-order valence-corrected chi connectivity index (χ1v) is 8.32. The number of sulfonamides is 1. The van der Waals surface area contributed by atoms with Crippen molar-refractivity contribution in [3.63, 3.8) is 0 Å². The molecule has 1 aromatic heterocycles. The molecule has 124 valence electrons. The van der Waals surface area contributed by atoms with Gasteiger partial charge in [-0.15, -0.1) is 0 Å². The van der Waals surface area contributed by atoms with Crippen molar-refractivity contribution >= 4 is 32.5 Å². The molecule has 0 spiro atoms. The smallest absolute Gasteiger partial charge is 0.394 e. The molecule has 2 rings (SSSR count). The summed E-state index contributed by atoms with van der Waals surface area (Å²) in [6.45, 7) is 0.389. The largest absolute Gasteiger partial charge is 0.481 e. The first-order chi connectivity index (χ1) is 9.91. The molecule has 3 N–H and O–H groups in total. The van der Waals surface area contributed by atoms with E-state index in [1.165, 1.54) is 6.92 Å². The Bertz CT molecular complexity index is 701. The molecule has 1 aliphatic heterocycles. The molecule has 0 aromatic carbocycles. The number of halogens is 3. The number of hydrogen-bond donors (Lipinski definition) is 2. The zero-order chi connectivity index (χ0) is 16.9. The van der Waals surface area contributed by atoms with Crippen LogP contribution in [0.25, 0.3) is 0 Å². The third kappa shape index (κ3) is 3.17. The van der Waals surface area contributed by atoms with Gasteiger partial charge in [0.2, 0.25) is 10.0 Å². The van der Waals surface area contributed by atoms with Crippen molar-refractivity contribution in [3.05, 3.63) is 5.69 Å². The minimum Gasteiger partial charge on any atom is -0.481 e. The van der Waals surface area contributed by atoms with E-state index >= 15 is 0 Å². The van der Waals surface area contributed by atoms with Crippen LogP contribution >= 0.6 is 11.3 Å². The number of carboxylic acid groups (broad SMARTS) is 1. The number of carboxylic acids is 1. The number of aromatic nitrogens is 1. The summed E-state index contributed by atoms with van der Waals surface area (Å²) >= 11 is 0.632. The summed E-state index contributed by atoms with van der Waals surface area (Å²) < 4.78 is 61.2. The lowest BCUT2D eigenvalue weighted by Crippen LogP contribution is -2.33. The Morgan fingerprint density at radius 2 is 2.05 bits per heavy atom. The predicted octanol–water partition coefficient (Wildman–Crippen LogP) is 0.798. The Balaban J connectivity index is 2.34. The van der Waals surface area contributed by atoms with E-state index in [2.05, 4.69) is 4.98 Å². The van der Waals surface area contributed by atoms with Gasteiger partial charge in [0.1, 0.15) is 0 Å². The second-order valence-corrected chi connectivity index (χ2v) is 7.65. The van der Waals surface area contributed by atoms with Gasteiger partial charge in [0.25, 0.3) is 0 Å². The van der Waals surface area contributed by atoms with Crippen LogP contribution in [0.1, 0.15) is 5.69 Å². The average Bonchev–Trinajstić information content (AvgIpc) is 2.89. The number of alkyl halides is 3. The molecule has 0 amide bonds. The van der Waals surface area contributed by atoms with E-state index in [4.69, 9.17) is 10.2 Å². The maximum Gasteiger partial charge on any atom is 0.394 e. The van der Waals surface area contributed by atoms with Gasteiger partial charge >= 0.3 is 12.1 Å². The number of hydrogen-bond acceptors (Lipinski definition) is 6. The molecule has 0 aliphatic carbocycles. The quantitative estimate of drug-likeness (QED) is 0.825. The first-order valence-electron chi connectivity index (χ1n) is 5.96. The fraction of sp³-hybridized carbons (Fsp3) is 0.600. The van der Waals surface area contributed by atoms with Gasteiger partial charge in [0, 0.05) is 13.1 Å². The Morgan fingerprint density at radius 1 is 1.45 bits per heavy atom. The lowest BCUT2D eigenvalue weighted by Gasteiger charge is -2.17. The Labute approximate surface area is 127 Å². The normalized spacial score (nSPS) is 23.0. The summed E-state index contributed by atoms with van der Waals surface area (Å²) in [6, 6.07) is 0. The van der Waals surface area contributed by atoms with E-state index in [0.29, 0.717) is 11.3 Å². The number of nitrogens with two attached hydrogens (primary N) is 1. The number of carbonyl (C=O) groups is 1. The average molecular weight is 359 g/mol. The summed E-state index contributed by atoms with van der Waals surface area (Å²) in [6.07, 6.45) is -4.66. The van der Waals surface area contributed by atoms with Gasteiger partial charge in [-0.05, 0) is 6.92 Å². The number of aliphatic carboxylic acids is 1. The number of thiazole rings is 1. The van der Waals surface area contributed by atoms with E-state index in [9.17, 15) is 26.4 Å². The molecule has 1 saturated heterocycles. The lowest BCUT2D eigenvalue weighted by molar-refractivity contribution is -0.187. The molecular weight excluding hydrogens is 347 g/mol. The standard InChI is InChI=1S/C10H12F3N3O4S2/c1-4-8(22(14,19)20)21-9(15-4)16-2-5(7(17)18)6(3-16)10(11,12)13/h5-6H,2-3H2,1H3,(H,17,18)(H2,14,19,20)/t5-,6-/m1/s1. The highest BCUT2D eigenvalue weighted by molar-refractivity contribution is 7.91. The van der Waals surface area contributed by atoms with Gasteiger partial charge in [-0.1, -0.05) is 11.3 Å². The maximum atomic E-state index is 12.9. The number of primary sulfonamides is 1. The summed E-state index contributed by atoms with van der Waals surface area (Å²) in [5.74, 6) is -5.21. The van der Waals surface area contributed by atoms with Gasteiger partial charge in [0.15, 0.2) is 9.34 Å². The van der Waals surface area contributed by atoms with Gasteiger partial charge in [0.05, 0.1) is 17.5 Å². The van der Waals surface area contributed by atoms with Gasteiger partial charge in [-0.2, -0.15) is 13.2 Å². The van der Waals surface area contributed by atoms with Crippen molar-refractivity contribution in [1.82, 2.24) is 4.98 Å². The number of anilines is 1. The summed E-state index contributed by atoms with van der Waals surface area (Å²) in [5, 5.41) is 13.9. The Kier molecular flexibility index (Phi) is 4.13. The zero-order valence-corrected chi connectivity index (χ0v) is 12.8. The van der Waals surface area contributed by atoms with Crippen LogP contribution in [0.15, 0.2) is 4.21 Å². The van der Waals surface area contributed by atoms with Gasteiger partial charge in [-0.3, -0.25) is 4.79 Å². The summed E-state index contributed by atoms with van der Waals surface area (Å²) in [7, 11) is -4.02. The highest BCUT2D eigenvalue weighted by Crippen LogP contribution is 2.41. The zero-order valence-electron chi connectivity index (χ0n) is 11.2. The van der Waals surface area contributed by atoms with Crippen molar-refractivity contribution in [2.45, 2.75) is 17.3 Å². The fourth-order valence-corrected chi connectivity index (χ4v) is 4.28. The third-order valence-electron chi connectivity index (χ3n) is 3.33. The molecule has 12 heteroatoms. The van der Waals surface area contributed by atoms with Crippen LogP contribution in [0.2, 0.25) is 0 Å². The van der Waals surface area contributed by atoms with E-state index in [0.717, 1.165) is 4.90 Å². The SMILES string of the molecule is Cc1nc(N2C[C@@H](C(F)(F)F)[C@H](C(=O)O)C2)sc1S(N)(=O)=O. The molecule has 1 fully saturated rings. The van der Waals surface area contributed by atoms with Crippen LogP contribution in [0, 0.1) is 18.8 Å². The van der Waals surface area contributed by atoms with E-state index in [1.807, 2.05) is 0 Å². The first kappa shape index (κ1) is 17.0. The molecule has 2 atom stereocenters. The monoisotopic (exact) mass is 359 g/mol. The van der Waals surface area contributed by atoms with Crippen molar-refractivity contribution in [2.24, 2.45) is 17.0 Å². The predicted molar refractivity (Wildman–Crippen MR) is 71.1 cm³/mol. The molecule has 2 heterocycles. The molecule has 1 aromatic rings. The minimum atomic E-state index is -4.66. The van der Waals surface area contributed by atoms with Gasteiger partial charge in [-0.25, -0.2) is 18.5 Å². The summed E-state index contributed by atoms with van der Waals surface area (Å²) in [5.41, 5.74) is 0.0739. The van der Waals surface area contributed by atoms with Crippen LogP contribution in [0.5, 0.6) is 0 Å². The fourth-order valence-electron chi connectivity index (χ4n) is 2.31.